The van der Waals surface area contributed by atoms with Crippen molar-refractivity contribution in [1.29, 1.82) is 0 Å². The fraction of sp³-hybridized carbons (Fsp3) is 0.286. The zero-order chi connectivity index (χ0) is 18.5. The molecule has 0 aliphatic heterocycles. The predicted molar refractivity (Wildman–Crippen MR) is 103 cm³/mol. The highest BCUT2D eigenvalue weighted by molar-refractivity contribution is 5.81. The van der Waals surface area contributed by atoms with Crippen LogP contribution in [0.15, 0.2) is 65.6 Å². The molecule has 0 radical (unpaired) electrons. The Labute approximate surface area is 152 Å². The highest BCUT2D eigenvalue weighted by Crippen LogP contribution is 2.21. The lowest BCUT2D eigenvalue weighted by atomic mass is 9.97. The molecule has 5 nitrogen and oxygen atoms in total. The van der Waals surface area contributed by atoms with Crippen LogP contribution < -0.4 is 10.7 Å². The lowest BCUT2D eigenvalue weighted by Gasteiger charge is -2.21. The first kappa shape index (κ1) is 17.9. The van der Waals surface area contributed by atoms with Gasteiger partial charge in [0.25, 0.3) is 0 Å². The normalized spacial score (nSPS) is 12.3. The van der Waals surface area contributed by atoms with Crippen LogP contribution in [0, 0.1) is 5.92 Å². The van der Waals surface area contributed by atoms with Gasteiger partial charge in [-0.2, -0.15) is 5.10 Å². The topological polar surface area (TPSA) is 64.0 Å². The zero-order valence-corrected chi connectivity index (χ0v) is 15.1. The molecule has 1 heterocycles. The van der Waals surface area contributed by atoms with Crippen molar-refractivity contribution in [3.63, 3.8) is 0 Å². The van der Waals surface area contributed by atoms with Crippen LogP contribution in [0.4, 0.5) is 0 Å². The van der Waals surface area contributed by atoms with Crippen LogP contribution in [0.5, 0.6) is 0 Å². The van der Waals surface area contributed by atoms with Gasteiger partial charge in [0.05, 0.1) is 17.8 Å². The van der Waals surface area contributed by atoms with Crippen molar-refractivity contribution in [2.45, 2.75) is 32.9 Å². The molecule has 0 aliphatic carbocycles. The molecule has 1 amide bonds. The number of benzene rings is 2. The van der Waals surface area contributed by atoms with Crippen molar-refractivity contribution in [3.8, 4) is 0 Å². The summed E-state index contributed by atoms with van der Waals surface area (Å²) in [5.41, 5.74) is 1.61. The zero-order valence-electron chi connectivity index (χ0n) is 15.1. The number of hydrogen-bond donors (Lipinski definition) is 1. The Kier molecular flexibility index (Phi) is 5.46. The molecule has 3 rings (SSSR count). The van der Waals surface area contributed by atoms with E-state index in [2.05, 4.69) is 24.3 Å². The predicted octanol–water partition coefficient (Wildman–Crippen LogP) is 3.30. The monoisotopic (exact) mass is 349 g/mol. The Hall–Kier alpha value is -2.95. The summed E-state index contributed by atoms with van der Waals surface area (Å²) < 4.78 is 1.57. The second kappa shape index (κ2) is 7.95. The number of nitrogens with zero attached hydrogens (tertiary/aromatic N) is 2. The Balaban J connectivity index is 1.81. The number of fused-ring (bicyclic) bond motifs is 1. The lowest BCUT2D eigenvalue weighted by molar-refractivity contribution is -0.122. The van der Waals surface area contributed by atoms with E-state index in [1.165, 1.54) is 6.20 Å². The summed E-state index contributed by atoms with van der Waals surface area (Å²) in [5.74, 6) is 0.327. The van der Waals surface area contributed by atoms with Crippen molar-refractivity contribution in [2.75, 3.05) is 0 Å². The lowest BCUT2D eigenvalue weighted by Crippen LogP contribution is -2.33. The van der Waals surface area contributed by atoms with E-state index in [1.807, 2.05) is 42.5 Å². The molecule has 2 aromatic carbocycles. The minimum Gasteiger partial charge on any atom is -0.348 e. The standard InChI is InChI=1S/C21H23N3O2/c1-15(2)12-18(16-8-4-3-5-9-16)23-21(26)14-24-19-11-7-6-10-17(19)20(25)13-22-24/h3-11,13,15,18H,12,14H2,1-2H3,(H,23,26)/t18-/m0/s1. The van der Waals surface area contributed by atoms with Gasteiger partial charge in [-0.05, 0) is 30.0 Å². The van der Waals surface area contributed by atoms with E-state index in [9.17, 15) is 9.59 Å². The molecule has 1 atom stereocenters. The van der Waals surface area contributed by atoms with E-state index in [-0.39, 0.29) is 23.9 Å². The fourth-order valence-corrected chi connectivity index (χ4v) is 3.10. The number of carbonyl (C=O) groups is 1. The van der Waals surface area contributed by atoms with Gasteiger partial charge in [0, 0.05) is 5.39 Å². The van der Waals surface area contributed by atoms with Crippen LogP contribution in [-0.2, 0) is 11.3 Å². The van der Waals surface area contributed by atoms with Crippen LogP contribution in [-0.4, -0.2) is 15.7 Å². The second-order valence-electron chi connectivity index (χ2n) is 6.84. The van der Waals surface area contributed by atoms with Gasteiger partial charge in [0.15, 0.2) is 0 Å². The van der Waals surface area contributed by atoms with Gasteiger partial charge in [0.1, 0.15) is 6.54 Å². The van der Waals surface area contributed by atoms with Crippen molar-refractivity contribution in [3.05, 3.63) is 76.6 Å². The number of nitrogens with one attached hydrogen (secondary N) is 1. The number of rotatable bonds is 6. The Morgan fingerprint density at radius 3 is 2.50 bits per heavy atom. The Bertz CT molecular complexity index is 948. The second-order valence-corrected chi connectivity index (χ2v) is 6.84. The van der Waals surface area contributed by atoms with Gasteiger partial charge < -0.3 is 5.32 Å². The Morgan fingerprint density at radius 2 is 1.77 bits per heavy atom. The molecule has 1 N–H and O–H groups in total. The highest BCUT2D eigenvalue weighted by atomic mass is 16.2. The average molecular weight is 349 g/mol. The smallest absolute Gasteiger partial charge is 0.242 e. The summed E-state index contributed by atoms with van der Waals surface area (Å²) in [5, 5.41) is 7.81. The number of amides is 1. The molecular formula is C21H23N3O2. The van der Waals surface area contributed by atoms with Gasteiger partial charge in [-0.25, -0.2) is 0 Å². The summed E-state index contributed by atoms with van der Waals surface area (Å²) in [4.78, 5) is 24.6. The molecule has 0 saturated heterocycles. The number of hydrogen-bond acceptors (Lipinski definition) is 3. The SMILES string of the molecule is CC(C)C[C@H](NC(=O)Cn1ncc(=O)c2ccccc21)c1ccccc1. The first-order valence-corrected chi connectivity index (χ1v) is 8.84. The summed E-state index contributed by atoms with van der Waals surface area (Å²) in [6.07, 6.45) is 2.12. The summed E-state index contributed by atoms with van der Waals surface area (Å²) in [6, 6.07) is 17.1. The first-order valence-electron chi connectivity index (χ1n) is 8.84. The molecule has 134 valence electrons. The largest absolute Gasteiger partial charge is 0.348 e. The van der Waals surface area contributed by atoms with Crippen LogP contribution in [0.2, 0.25) is 0 Å². The highest BCUT2D eigenvalue weighted by Gasteiger charge is 2.17. The molecule has 0 spiro atoms. The van der Waals surface area contributed by atoms with Crippen molar-refractivity contribution >= 4 is 16.8 Å². The van der Waals surface area contributed by atoms with Crippen molar-refractivity contribution in [2.24, 2.45) is 5.92 Å². The van der Waals surface area contributed by atoms with Gasteiger partial charge in [-0.3, -0.25) is 14.3 Å². The van der Waals surface area contributed by atoms with Gasteiger partial charge in [-0.15, -0.1) is 0 Å². The van der Waals surface area contributed by atoms with Crippen LogP contribution >= 0.6 is 0 Å². The molecule has 3 aromatic rings. The number of carbonyl (C=O) groups excluding carboxylic acids is 1. The van der Waals surface area contributed by atoms with Gasteiger partial charge >= 0.3 is 0 Å². The van der Waals surface area contributed by atoms with E-state index in [4.69, 9.17) is 0 Å². The number of aromatic nitrogens is 2. The Morgan fingerprint density at radius 1 is 1.08 bits per heavy atom. The third-order valence-electron chi connectivity index (χ3n) is 4.30. The van der Waals surface area contributed by atoms with E-state index in [0.717, 1.165) is 12.0 Å². The van der Waals surface area contributed by atoms with Crippen molar-refractivity contribution < 1.29 is 4.79 Å². The summed E-state index contributed by atoms with van der Waals surface area (Å²) >= 11 is 0. The fourth-order valence-electron chi connectivity index (χ4n) is 3.10. The molecule has 0 saturated carbocycles. The quantitative estimate of drug-likeness (QED) is 0.743. The van der Waals surface area contributed by atoms with Crippen LogP contribution in [0.1, 0.15) is 31.9 Å². The van der Waals surface area contributed by atoms with Gasteiger partial charge in [-0.1, -0.05) is 56.3 Å². The molecular weight excluding hydrogens is 326 g/mol. The third kappa shape index (κ3) is 4.17. The molecule has 0 unspecified atom stereocenters. The maximum atomic E-state index is 12.7. The summed E-state index contributed by atoms with van der Waals surface area (Å²) in [7, 11) is 0. The molecule has 1 aromatic heterocycles. The average Bonchev–Trinajstić information content (AvgIpc) is 2.64. The third-order valence-corrected chi connectivity index (χ3v) is 4.30. The van der Waals surface area contributed by atoms with E-state index in [0.29, 0.717) is 16.8 Å². The molecule has 0 aliphatic rings. The molecule has 26 heavy (non-hydrogen) atoms. The minimum atomic E-state index is -0.140. The minimum absolute atomic E-state index is 0.0469. The van der Waals surface area contributed by atoms with E-state index >= 15 is 0 Å². The van der Waals surface area contributed by atoms with Crippen LogP contribution in [0.3, 0.4) is 0 Å². The molecule has 0 fully saturated rings. The number of para-hydroxylation sites is 1. The van der Waals surface area contributed by atoms with E-state index < -0.39 is 0 Å². The first-order chi connectivity index (χ1) is 12.5. The maximum Gasteiger partial charge on any atom is 0.242 e. The molecule has 5 heteroatoms. The van der Waals surface area contributed by atoms with E-state index in [1.54, 1.807) is 16.8 Å². The van der Waals surface area contributed by atoms with Crippen LogP contribution in [0.25, 0.3) is 10.9 Å². The van der Waals surface area contributed by atoms with Crippen molar-refractivity contribution in [1.82, 2.24) is 15.1 Å². The maximum absolute atomic E-state index is 12.7. The summed E-state index contributed by atoms with van der Waals surface area (Å²) in [6.45, 7) is 4.35. The van der Waals surface area contributed by atoms with Gasteiger partial charge in [0.2, 0.25) is 11.3 Å². The molecule has 0 bridgehead atoms.